The molecule has 0 aromatic rings. The van der Waals surface area contributed by atoms with Crippen LogP contribution < -0.4 is 0 Å². The minimum Gasteiger partial charge on any atom is -0.383 e. The van der Waals surface area contributed by atoms with Crippen molar-refractivity contribution in [2.24, 2.45) is 5.92 Å². The fourth-order valence-corrected chi connectivity index (χ4v) is 1.79. The lowest BCUT2D eigenvalue weighted by molar-refractivity contribution is -0.111. The van der Waals surface area contributed by atoms with E-state index in [0.717, 1.165) is 5.57 Å². The molecule has 0 radical (unpaired) electrons. The van der Waals surface area contributed by atoms with Gasteiger partial charge in [-0.2, -0.15) is 0 Å². The van der Waals surface area contributed by atoms with E-state index in [1.165, 1.54) is 0 Å². The van der Waals surface area contributed by atoms with E-state index < -0.39 is 0 Å². The molecule has 1 rings (SSSR count). The monoisotopic (exact) mass is 234 g/mol. The molecule has 0 N–H and O–H groups in total. The fourth-order valence-electron chi connectivity index (χ4n) is 1.79. The van der Waals surface area contributed by atoms with Gasteiger partial charge in [0.1, 0.15) is 0 Å². The van der Waals surface area contributed by atoms with Crippen LogP contribution in [0.15, 0.2) is 36.1 Å². The number of ketones is 1. The van der Waals surface area contributed by atoms with Crippen molar-refractivity contribution >= 4 is 5.78 Å². The van der Waals surface area contributed by atoms with Crippen molar-refractivity contribution in [2.45, 2.75) is 13.0 Å². The molecule has 0 heterocycles. The zero-order valence-corrected chi connectivity index (χ0v) is 11.3. The summed E-state index contributed by atoms with van der Waals surface area (Å²) in [6.07, 6.45) is 9.42. The van der Waals surface area contributed by atoms with E-state index in [4.69, 9.17) is 0 Å². The van der Waals surface area contributed by atoms with Gasteiger partial charge in [-0.15, -0.1) is 0 Å². The van der Waals surface area contributed by atoms with Gasteiger partial charge in [0.25, 0.3) is 0 Å². The highest BCUT2D eigenvalue weighted by Gasteiger charge is 2.26. The highest BCUT2D eigenvalue weighted by atomic mass is 16.1. The molecule has 17 heavy (non-hydrogen) atoms. The largest absolute Gasteiger partial charge is 0.383 e. The summed E-state index contributed by atoms with van der Waals surface area (Å²) < 4.78 is 0. The van der Waals surface area contributed by atoms with Gasteiger partial charge in [0.2, 0.25) is 0 Å². The first kappa shape index (κ1) is 13.7. The summed E-state index contributed by atoms with van der Waals surface area (Å²) in [4.78, 5) is 16.0. The molecule has 0 aromatic carbocycles. The van der Waals surface area contributed by atoms with Gasteiger partial charge in [-0.25, -0.2) is 0 Å². The molecular weight excluding hydrogens is 212 g/mol. The number of rotatable bonds is 5. The molecular formula is C14H22N2O. The average molecular weight is 234 g/mol. The van der Waals surface area contributed by atoms with E-state index in [-0.39, 0.29) is 11.7 Å². The van der Waals surface area contributed by atoms with Gasteiger partial charge < -0.3 is 9.80 Å². The summed E-state index contributed by atoms with van der Waals surface area (Å²) in [5, 5.41) is 0. The molecule has 0 aliphatic heterocycles. The Balaban J connectivity index is 2.75. The number of nitrogens with zero attached hydrogens (tertiary/aromatic N) is 2. The number of carbonyl (C=O) groups is 1. The van der Waals surface area contributed by atoms with Gasteiger partial charge >= 0.3 is 0 Å². The second kappa shape index (κ2) is 5.82. The third kappa shape index (κ3) is 3.56. The number of carbonyl (C=O) groups excluding carboxylic acids is 1. The van der Waals surface area contributed by atoms with Crippen LogP contribution in [-0.2, 0) is 4.79 Å². The van der Waals surface area contributed by atoms with Crippen molar-refractivity contribution < 1.29 is 4.79 Å². The SMILES string of the molecule is C[C@H]([C@H]1C=CC=C1C(=O)/C=C/N(C)C)N(C)C. The molecule has 0 saturated heterocycles. The molecule has 3 nitrogen and oxygen atoms in total. The topological polar surface area (TPSA) is 23.6 Å². The third-order valence-corrected chi connectivity index (χ3v) is 3.10. The van der Waals surface area contributed by atoms with E-state index in [9.17, 15) is 4.79 Å². The molecule has 0 amide bonds. The van der Waals surface area contributed by atoms with Crippen LogP contribution in [0.5, 0.6) is 0 Å². The van der Waals surface area contributed by atoms with E-state index in [2.05, 4.69) is 17.9 Å². The van der Waals surface area contributed by atoms with Gasteiger partial charge in [0, 0.05) is 43.9 Å². The Labute approximate surface area is 104 Å². The average Bonchev–Trinajstić information content (AvgIpc) is 2.73. The third-order valence-electron chi connectivity index (χ3n) is 3.10. The van der Waals surface area contributed by atoms with Crippen LogP contribution in [0.2, 0.25) is 0 Å². The second-order valence-electron chi connectivity index (χ2n) is 4.88. The highest BCUT2D eigenvalue weighted by Crippen LogP contribution is 2.26. The van der Waals surface area contributed by atoms with E-state index in [0.29, 0.717) is 6.04 Å². The Morgan fingerprint density at radius 1 is 1.35 bits per heavy atom. The van der Waals surface area contributed by atoms with Crippen LogP contribution in [0.3, 0.4) is 0 Å². The predicted molar refractivity (Wildman–Crippen MR) is 71.7 cm³/mol. The molecule has 0 saturated carbocycles. The Hall–Kier alpha value is -1.35. The number of hydrogen-bond acceptors (Lipinski definition) is 3. The zero-order chi connectivity index (χ0) is 13.0. The van der Waals surface area contributed by atoms with Crippen LogP contribution in [0.1, 0.15) is 6.92 Å². The smallest absolute Gasteiger partial charge is 0.183 e. The normalized spacial score (nSPS) is 21.1. The first-order chi connectivity index (χ1) is 7.93. The molecule has 2 atom stereocenters. The van der Waals surface area contributed by atoms with Gasteiger partial charge in [-0.3, -0.25) is 4.79 Å². The fraction of sp³-hybridized carbons (Fsp3) is 0.500. The van der Waals surface area contributed by atoms with Gasteiger partial charge in [0.05, 0.1) is 0 Å². The first-order valence-electron chi connectivity index (χ1n) is 5.87. The van der Waals surface area contributed by atoms with Crippen molar-refractivity contribution in [3.8, 4) is 0 Å². The summed E-state index contributed by atoms with van der Waals surface area (Å²) in [7, 11) is 7.89. The van der Waals surface area contributed by atoms with Crippen molar-refractivity contribution in [2.75, 3.05) is 28.2 Å². The van der Waals surface area contributed by atoms with Crippen molar-refractivity contribution in [3.63, 3.8) is 0 Å². The predicted octanol–water partition coefficient (Wildman–Crippen LogP) is 1.69. The maximum Gasteiger partial charge on any atom is 0.183 e. The van der Waals surface area contributed by atoms with Crippen LogP contribution in [0, 0.1) is 5.92 Å². The minimum atomic E-state index is 0.0994. The molecule has 1 aliphatic rings. The molecule has 1 aliphatic carbocycles. The lowest BCUT2D eigenvalue weighted by Crippen LogP contribution is -2.33. The summed E-state index contributed by atoms with van der Waals surface area (Å²) in [6, 6.07) is 0.330. The molecule has 0 fully saturated rings. The lowest BCUT2D eigenvalue weighted by Gasteiger charge is -2.26. The molecule has 0 spiro atoms. The van der Waals surface area contributed by atoms with E-state index in [1.54, 1.807) is 12.3 Å². The standard InChI is InChI=1S/C14H22N2O/c1-11(16(4)5)12-7-6-8-13(12)14(17)9-10-15(2)3/h6-12H,1-5H3/b10-9+/t11-,12-/m1/s1. The number of hydrogen-bond donors (Lipinski definition) is 0. The van der Waals surface area contributed by atoms with Gasteiger partial charge in [-0.1, -0.05) is 18.2 Å². The van der Waals surface area contributed by atoms with Crippen molar-refractivity contribution in [1.29, 1.82) is 0 Å². The van der Waals surface area contributed by atoms with Gasteiger partial charge in [-0.05, 0) is 21.0 Å². The van der Waals surface area contributed by atoms with Crippen molar-refractivity contribution in [1.82, 2.24) is 9.80 Å². The van der Waals surface area contributed by atoms with Crippen LogP contribution in [-0.4, -0.2) is 49.8 Å². The number of allylic oxidation sites excluding steroid dienone is 3. The minimum absolute atomic E-state index is 0.0994. The molecule has 0 aromatic heterocycles. The van der Waals surface area contributed by atoms with Crippen LogP contribution >= 0.6 is 0 Å². The summed E-state index contributed by atoms with van der Waals surface area (Å²) >= 11 is 0. The summed E-state index contributed by atoms with van der Waals surface area (Å²) in [5.74, 6) is 0.298. The molecule has 0 bridgehead atoms. The Morgan fingerprint density at radius 2 is 2.00 bits per heavy atom. The zero-order valence-electron chi connectivity index (χ0n) is 11.3. The quantitative estimate of drug-likeness (QED) is 0.676. The molecule has 94 valence electrons. The highest BCUT2D eigenvalue weighted by molar-refractivity contribution is 6.05. The molecule has 3 heteroatoms. The first-order valence-corrected chi connectivity index (χ1v) is 5.87. The maximum atomic E-state index is 12.0. The molecule has 0 unspecified atom stereocenters. The Bertz CT molecular complexity index is 364. The van der Waals surface area contributed by atoms with Crippen molar-refractivity contribution in [3.05, 3.63) is 36.1 Å². The second-order valence-corrected chi connectivity index (χ2v) is 4.88. The Morgan fingerprint density at radius 3 is 2.53 bits per heavy atom. The van der Waals surface area contributed by atoms with Crippen LogP contribution in [0.4, 0.5) is 0 Å². The Kier molecular flexibility index (Phi) is 4.70. The summed E-state index contributed by atoms with van der Waals surface area (Å²) in [5.41, 5.74) is 0.879. The van der Waals surface area contributed by atoms with Gasteiger partial charge in [0.15, 0.2) is 5.78 Å². The van der Waals surface area contributed by atoms with E-state index in [1.807, 2.05) is 45.2 Å². The lowest BCUT2D eigenvalue weighted by atomic mass is 9.91. The van der Waals surface area contributed by atoms with Crippen LogP contribution in [0.25, 0.3) is 0 Å². The summed E-state index contributed by atoms with van der Waals surface area (Å²) in [6.45, 7) is 2.14. The van der Waals surface area contributed by atoms with E-state index >= 15 is 0 Å². The maximum absolute atomic E-state index is 12.0.